The van der Waals surface area contributed by atoms with Gasteiger partial charge in [0.1, 0.15) is 0 Å². The molecule has 0 spiro atoms. The Balaban J connectivity index is 1.73. The number of carbonyl (C=O) groups is 1. The van der Waals surface area contributed by atoms with Crippen LogP contribution in [0.25, 0.3) is 0 Å². The molecule has 0 aliphatic heterocycles. The van der Waals surface area contributed by atoms with Gasteiger partial charge in [-0.25, -0.2) is 0 Å². The van der Waals surface area contributed by atoms with E-state index in [4.69, 9.17) is 0 Å². The van der Waals surface area contributed by atoms with Crippen molar-refractivity contribution in [3.05, 3.63) is 29.8 Å². The zero-order valence-corrected chi connectivity index (χ0v) is 12.4. The molecular weight excluding hydrogens is 248 g/mol. The normalized spacial score (nSPS) is 29.4. The van der Waals surface area contributed by atoms with Gasteiger partial charge >= 0.3 is 0 Å². The molecule has 0 heterocycles. The van der Waals surface area contributed by atoms with E-state index in [0.717, 1.165) is 23.6 Å². The predicted molar refractivity (Wildman–Crippen MR) is 81.5 cm³/mol. The third kappa shape index (κ3) is 2.47. The number of anilines is 1. The van der Waals surface area contributed by atoms with Crippen molar-refractivity contribution in [3.8, 4) is 0 Å². The number of amides is 1. The van der Waals surface area contributed by atoms with Crippen LogP contribution >= 0.6 is 0 Å². The quantitative estimate of drug-likeness (QED) is 0.882. The monoisotopic (exact) mass is 272 g/mol. The second-order valence-electron chi connectivity index (χ2n) is 6.37. The standard InChI is InChI=1S/C17H24N2O/c1-11(18-2)14-5-3-4-6-16(14)19-17(20)15-10-12-7-8-13(15)9-12/h3-6,11-13,15,18H,7-10H2,1-2H3,(H,19,20). The average molecular weight is 272 g/mol. The maximum Gasteiger partial charge on any atom is 0.227 e. The molecular formula is C17H24N2O. The first-order chi connectivity index (χ1) is 9.69. The maximum atomic E-state index is 12.5. The summed E-state index contributed by atoms with van der Waals surface area (Å²) in [7, 11) is 1.94. The molecule has 1 aromatic rings. The van der Waals surface area contributed by atoms with E-state index >= 15 is 0 Å². The van der Waals surface area contributed by atoms with Crippen LogP contribution in [0.2, 0.25) is 0 Å². The number of benzene rings is 1. The third-order valence-corrected chi connectivity index (χ3v) is 5.19. The molecule has 2 aliphatic rings. The molecule has 2 fully saturated rings. The van der Waals surface area contributed by atoms with E-state index in [-0.39, 0.29) is 17.9 Å². The Labute approximate surface area is 121 Å². The van der Waals surface area contributed by atoms with Gasteiger partial charge in [0, 0.05) is 17.6 Å². The van der Waals surface area contributed by atoms with Crippen molar-refractivity contribution in [1.29, 1.82) is 0 Å². The van der Waals surface area contributed by atoms with Crippen LogP contribution in [0.3, 0.4) is 0 Å². The van der Waals surface area contributed by atoms with Gasteiger partial charge in [-0.3, -0.25) is 4.79 Å². The summed E-state index contributed by atoms with van der Waals surface area (Å²) in [4.78, 5) is 12.5. The second kappa shape index (κ2) is 5.57. The Morgan fingerprint density at radius 3 is 2.70 bits per heavy atom. The Bertz CT molecular complexity index is 500. The number of rotatable bonds is 4. The van der Waals surface area contributed by atoms with Gasteiger partial charge in [-0.1, -0.05) is 24.6 Å². The fraction of sp³-hybridized carbons (Fsp3) is 0.588. The van der Waals surface area contributed by atoms with Gasteiger partial charge in [0.25, 0.3) is 0 Å². The van der Waals surface area contributed by atoms with Gasteiger partial charge in [0.2, 0.25) is 5.91 Å². The third-order valence-electron chi connectivity index (χ3n) is 5.19. The van der Waals surface area contributed by atoms with E-state index in [0.29, 0.717) is 5.92 Å². The highest BCUT2D eigenvalue weighted by Gasteiger charge is 2.43. The van der Waals surface area contributed by atoms with Gasteiger partial charge < -0.3 is 10.6 Å². The van der Waals surface area contributed by atoms with E-state index in [1.54, 1.807) is 0 Å². The molecule has 1 aromatic carbocycles. The van der Waals surface area contributed by atoms with Gasteiger partial charge in [-0.05, 0) is 56.7 Å². The lowest BCUT2D eigenvalue weighted by Crippen LogP contribution is -2.28. The topological polar surface area (TPSA) is 41.1 Å². The molecule has 2 saturated carbocycles. The molecule has 2 aliphatic carbocycles. The van der Waals surface area contributed by atoms with Crippen molar-refractivity contribution < 1.29 is 4.79 Å². The van der Waals surface area contributed by atoms with Crippen molar-refractivity contribution in [2.24, 2.45) is 17.8 Å². The van der Waals surface area contributed by atoms with Crippen molar-refractivity contribution in [1.82, 2.24) is 5.32 Å². The second-order valence-corrected chi connectivity index (χ2v) is 6.37. The summed E-state index contributed by atoms with van der Waals surface area (Å²) in [5, 5.41) is 6.41. The average Bonchev–Trinajstić information content (AvgIpc) is 3.09. The van der Waals surface area contributed by atoms with E-state index in [1.165, 1.54) is 19.3 Å². The molecule has 3 rings (SSSR count). The van der Waals surface area contributed by atoms with E-state index in [2.05, 4.69) is 23.6 Å². The minimum Gasteiger partial charge on any atom is -0.326 e. The molecule has 0 radical (unpaired) electrons. The number of hydrogen-bond acceptors (Lipinski definition) is 2. The minimum absolute atomic E-state index is 0.230. The Morgan fingerprint density at radius 2 is 2.05 bits per heavy atom. The van der Waals surface area contributed by atoms with Crippen LogP contribution in [-0.2, 0) is 4.79 Å². The fourth-order valence-corrected chi connectivity index (χ4v) is 3.94. The molecule has 4 atom stereocenters. The van der Waals surface area contributed by atoms with E-state index < -0.39 is 0 Å². The van der Waals surface area contributed by atoms with Crippen LogP contribution in [0, 0.1) is 17.8 Å². The van der Waals surface area contributed by atoms with Gasteiger partial charge in [0.15, 0.2) is 0 Å². The Morgan fingerprint density at radius 1 is 1.25 bits per heavy atom. The molecule has 108 valence electrons. The highest BCUT2D eigenvalue weighted by atomic mass is 16.1. The summed E-state index contributed by atoms with van der Waals surface area (Å²) in [5.74, 6) is 1.91. The molecule has 1 amide bonds. The molecule has 20 heavy (non-hydrogen) atoms. The Hall–Kier alpha value is -1.35. The summed E-state index contributed by atoms with van der Waals surface area (Å²) in [6.45, 7) is 2.11. The van der Waals surface area contributed by atoms with Crippen molar-refractivity contribution in [3.63, 3.8) is 0 Å². The number of carbonyl (C=O) groups excluding carboxylic acids is 1. The molecule has 3 nitrogen and oxygen atoms in total. The first kappa shape index (κ1) is 13.6. The summed E-state index contributed by atoms with van der Waals surface area (Å²) >= 11 is 0. The van der Waals surface area contributed by atoms with Gasteiger partial charge in [-0.2, -0.15) is 0 Å². The van der Waals surface area contributed by atoms with Crippen molar-refractivity contribution >= 4 is 11.6 Å². The lowest BCUT2D eigenvalue weighted by atomic mass is 9.88. The van der Waals surface area contributed by atoms with Crippen LogP contribution in [0.15, 0.2) is 24.3 Å². The zero-order chi connectivity index (χ0) is 14.1. The lowest BCUT2D eigenvalue weighted by molar-refractivity contribution is -0.121. The summed E-state index contributed by atoms with van der Waals surface area (Å²) in [5.41, 5.74) is 2.12. The summed E-state index contributed by atoms with van der Waals surface area (Å²) in [6, 6.07) is 8.34. The Kier molecular flexibility index (Phi) is 3.79. The lowest BCUT2D eigenvalue weighted by Gasteiger charge is -2.22. The fourth-order valence-electron chi connectivity index (χ4n) is 3.94. The zero-order valence-electron chi connectivity index (χ0n) is 12.4. The van der Waals surface area contributed by atoms with Crippen molar-refractivity contribution in [2.45, 2.75) is 38.6 Å². The van der Waals surface area contributed by atoms with Crippen LogP contribution in [0.4, 0.5) is 5.69 Å². The largest absolute Gasteiger partial charge is 0.326 e. The smallest absolute Gasteiger partial charge is 0.227 e. The highest BCUT2D eigenvalue weighted by molar-refractivity contribution is 5.93. The number of nitrogens with one attached hydrogen (secondary N) is 2. The predicted octanol–water partition coefficient (Wildman–Crippen LogP) is 3.34. The molecule has 0 saturated heterocycles. The van der Waals surface area contributed by atoms with E-state index in [1.807, 2.05) is 25.2 Å². The summed E-state index contributed by atoms with van der Waals surface area (Å²) < 4.78 is 0. The van der Waals surface area contributed by atoms with Crippen LogP contribution in [-0.4, -0.2) is 13.0 Å². The van der Waals surface area contributed by atoms with Crippen molar-refractivity contribution in [2.75, 3.05) is 12.4 Å². The molecule has 2 bridgehead atoms. The number of hydrogen-bond donors (Lipinski definition) is 2. The SMILES string of the molecule is CNC(C)c1ccccc1NC(=O)C1CC2CCC1C2. The minimum atomic E-state index is 0.230. The number of fused-ring (bicyclic) bond motifs is 2. The number of para-hydroxylation sites is 1. The maximum absolute atomic E-state index is 12.5. The van der Waals surface area contributed by atoms with Gasteiger partial charge in [0.05, 0.1) is 0 Å². The first-order valence-electron chi connectivity index (χ1n) is 7.76. The van der Waals surface area contributed by atoms with Gasteiger partial charge in [-0.15, -0.1) is 0 Å². The van der Waals surface area contributed by atoms with Crippen LogP contribution in [0.5, 0.6) is 0 Å². The molecule has 3 heteroatoms. The van der Waals surface area contributed by atoms with Crippen LogP contribution < -0.4 is 10.6 Å². The summed E-state index contributed by atoms with van der Waals surface area (Å²) in [6.07, 6.45) is 4.95. The highest BCUT2D eigenvalue weighted by Crippen LogP contribution is 2.48. The van der Waals surface area contributed by atoms with E-state index in [9.17, 15) is 4.79 Å². The van der Waals surface area contributed by atoms with Crippen LogP contribution in [0.1, 0.15) is 44.2 Å². The molecule has 0 aromatic heterocycles. The molecule has 4 unspecified atom stereocenters. The first-order valence-corrected chi connectivity index (χ1v) is 7.76. The molecule has 2 N–H and O–H groups in total.